The van der Waals surface area contributed by atoms with E-state index in [9.17, 15) is 9.59 Å². The van der Waals surface area contributed by atoms with Crippen LogP contribution in [0.1, 0.15) is 36.0 Å². The molecule has 4 N–H and O–H groups in total. The molecule has 1 fully saturated rings. The number of amides is 1. The minimum atomic E-state index is -0.732. The van der Waals surface area contributed by atoms with Gasteiger partial charge in [0.2, 0.25) is 0 Å². The Labute approximate surface area is 122 Å². The maximum absolute atomic E-state index is 11.4. The first-order valence-corrected chi connectivity index (χ1v) is 6.94. The van der Waals surface area contributed by atoms with E-state index in [4.69, 9.17) is 22.4 Å². The Hall–Kier alpha value is -1.75. The van der Waals surface area contributed by atoms with Crippen molar-refractivity contribution in [1.29, 1.82) is 0 Å². The highest BCUT2D eigenvalue weighted by molar-refractivity contribution is 6.34. The van der Waals surface area contributed by atoms with Gasteiger partial charge >= 0.3 is 5.97 Å². The number of hydrogen-bond donors (Lipinski definition) is 3. The molecule has 0 atom stereocenters. The number of benzene rings is 1. The van der Waals surface area contributed by atoms with Crippen molar-refractivity contribution < 1.29 is 14.7 Å². The van der Waals surface area contributed by atoms with Crippen LogP contribution in [0.5, 0.6) is 0 Å². The van der Waals surface area contributed by atoms with Gasteiger partial charge in [0, 0.05) is 11.7 Å². The van der Waals surface area contributed by atoms with E-state index >= 15 is 0 Å². The van der Waals surface area contributed by atoms with Crippen LogP contribution in [-0.4, -0.2) is 23.0 Å². The highest BCUT2D eigenvalue weighted by Crippen LogP contribution is 2.29. The van der Waals surface area contributed by atoms with E-state index < -0.39 is 11.9 Å². The van der Waals surface area contributed by atoms with Gasteiger partial charge in [0.25, 0.3) is 5.91 Å². The Morgan fingerprint density at radius 3 is 2.45 bits per heavy atom. The monoisotopic (exact) mass is 296 g/mol. The Balaban J connectivity index is 2.07. The van der Waals surface area contributed by atoms with Crippen molar-refractivity contribution in [1.82, 2.24) is 0 Å². The van der Waals surface area contributed by atoms with Gasteiger partial charge in [0.1, 0.15) is 0 Å². The third kappa shape index (κ3) is 3.22. The van der Waals surface area contributed by atoms with E-state index in [0.717, 1.165) is 12.8 Å². The summed E-state index contributed by atoms with van der Waals surface area (Å²) < 4.78 is 0. The van der Waals surface area contributed by atoms with E-state index in [1.807, 2.05) is 0 Å². The fraction of sp³-hybridized carbons (Fsp3) is 0.429. The normalized spacial score (nSPS) is 22.2. The molecular formula is C14H17ClN2O3. The number of nitrogens with two attached hydrogens (primary N) is 1. The number of aliphatic carboxylic acids is 1. The first-order valence-electron chi connectivity index (χ1n) is 6.56. The topological polar surface area (TPSA) is 92.4 Å². The summed E-state index contributed by atoms with van der Waals surface area (Å²) in [4.78, 5) is 22.4. The predicted molar refractivity (Wildman–Crippen MR) is 77.0 cm³/mol. The lowest BCUT2D eigenvalue weighted by atomic mass is 9.86. The van der Waals surface area contributed by atoms with E-state index in [1.165, 1.54) is 0 Å². The Morgan fingerprint density at radius 1 is 1.25 bits per heavy atom. The minimum absolute atomic E-state index is 0.141. The van der Waals surface area contributed by atoms with E-state index in [0.29, 0.717) is 23.6 Å². The van der Waals surface area contributed by atoms with Crippen LogP contribution in [0.15, 0.2) is 18.2 Å². The average Bonchev–Trinajstić information content (AvgIpc) is 2.39. The van der Waals surface area contributed by atoms with Gasteiger partial charge in [0.15, 0.2) is 0 Å². The van der Waals surface area contributed by atoms with Crippen molar-refractivity contribution in [3.63, 3.8) is 0 Å². The molecule has 0 aromatic heterocycles. The first-order chi connectivity index (χ1) is 9.49. The van der Waals surface area contributed by atoms with Crippen molar-refractivity contribution in [2.75, 3.05) is 5.32 Å². The molecule has 108 valence electrons. The second kappa shape index (κ2) is 6.13. The van der Waals surface area contributed by atoms with Crippen LogP contribution in [0.3, 0.4) is 0 Å². The number of halogens is 1. The number of carbonyl (C=O) groups excluding carboxylic acids is 1. The molecule has 20 heavy (non-hydrogen) atoms. The molecular weight excluding hydrogens is 280 g/mol. The Morgan fingerprint density at radius 2 is 1.90 bits per heavy atom. The average molecular weight is 297 g/mol. The number of rotatable bonds is 4. The van der Waals surface area contributed by atoms with Crippen molar-refractivity contribution in [2.24, 2.45) is 11.7 Å². The molecule has 0 unspecified atom stereocenters. The highest BCUT2D eigenvalue weighted by Gasteiger charge is 2.26. The molecule has 0 bridgehead atoms. The summed E-state index contributed by atoms with van der Waals surface area (Å²) in [6.45, 7) is 0. The van der Waals surface area contributed by atoms with Gasteiger partial charge in [-0.15, -0.1) is 0 Å². The maximum atomic E-state index is 11.4. The summed E-state index contributed by atoms with van der Waals surface area (Å²) in [6.07, 6.45) is 2.78. The zero-order valence-electron chi connectivity index (χ0n) is 10.9. The Kier molecular flexibility index (Phi) is 4.49. The highest BCUT2D eigenvalue weighted by atomic mass is 35.5. The fourth-order valence-corrected chi connectivity index (χ4v) is 2.87. The molecule has 0 radical (unpaired) electrons. The summed E-state index contributed by atoms with van der Waals surface area (Å²) >= 11 is 5.99. The fourth-order valence-electron chi connectivity index (χ4n) is 2.60. The largest absolute Gasteiger partial charge is 0.481 e. The van der Waals surface area contributed by atoms with Crippen molar-refractivity contribution >= 4 is 29.2 Å². The summed E-state index contributed by atoms with van der Waals surface area (Å²) in [7, 11) is 0. The lowest BCUT2D eigenvalue weighted by Gasteiger charge is -2.28. The van der Waals surface area contributed by atoms with Gasteiger partial charge in [-0.25, -0.2) is 0 Å². The first kappa shape index (κ1) is 14.7. The van der Waals surface area contributed by atoms with Gasteiger partial charge in [-0.2, -0.15) is 0 Å². The second-order valence-electron chi connectivity index (χ2n) is 5.06. The lowest BCUT2D eigenvalue weighted by molar-refractivity contribution is -0.142. The molecule has 1 aliphatic carbocycles. The number of anilines is 1. The minimum Gasteiger partial charge on any atom is -0.481 e. The second-order valence-corrected chi connectivity index (χ2v) is 5.46. The predicted octanol–water partition coefficient (Wildman–Crippen LogP) is 2.49. The van der Waals surface area contributed by atoms with Gasteiger partial charge in [-0.1, -0.05) is 17.7 Å². The Bertz CT molecular complexity index is 525. The zero-order valence-corrected chi connectivity index (χ0v) is 11.7. The lowest BCUT2D eigenvalue weighted by Crippen LogP contribution is -2.30. The quantitative estimate of drug-likeness (QED) is 0.796. The summed E-state index contributed by atoms with van der Waals surface area (Å²) in [5, 5.41) is 12.5. The van der Waals surface area contributed by atoms with Crippen molar-refractivity contribution in [2.45, 2.75) is 31.7 Å². The van der Waals surface area contributed by atoms with Gasteiger partial charge in [-0.3, -0.25) is 9.59 Å². The van der Waals surface area contributed by atoms with Crippen molar-refractivity contribution in [3.05, 3.63) is 28.8 Å². The summed E-state index contributed by atoms with van der Waals surface area (Å²) in [5.74, 6) is -1.57. The van der Waals surface area contributed by atoms with E-state index in [2.05, 4.69) is 5.32 Å². The third-order valence-electron chi connectivity index (χ3n) is 3.70. The van der Waals surface area contributed by atoms with Crippen LogP contribution in [0.25, 0.3) is 0 Å². The maximum Gasteiger partial charge on any atom is 0.306 e. The van der Waals surface area contributed by atoms with Crippen molar-refractivity contribution in [3.8, 4) is 0 Å². The van der Waals surface area contributed by atoms with Gasteiger partial charge < -0.3 is 16.2 Å². The zero-order chi connectivity index (χ0) is 14.7. The molecule has 2 rings (SSSR count). The van der Waals surface area contributed by atoms with Gasteiger partial charge in [-0.05, 0) is 37.8 Å². The van der Waals surface area contributed by atoms with Crippen LogP contribution in [0, 0.1) is 5.92 Å². The molecule has 0 spiro atoms. The number of carbonyl (C=O) groups is 2. The molecule has 1 saturated carbocycles. The third-order valence-corrected chi connectivity index (χ3v) is 4.01. The SMILES string of the molecule is NC(=O)c1c(Cl)cccc1NC1CCC(C(=O)O)CC1. The molecule has 6 heteroatoms. The van der Waals surface area contributed by atoms with Crippen LogP contribution < -0.4 is 11.1 Å². The number of carboxylic acid groups (broad SMARTS) is 1. The number of carboxylic acids is 1. The smallest absolute Gasteiger partial charge is 0.306 e. The number of nitrogens with one attached hydrogen (secondary N) is 1. The number of hydrogen-bond acceptors (Lipinski definition) is 3. The van der Waals surface area contributed by atoms with Crippen LogP contribution >= 0.6 is 11.6 Å². The summed E-state index contributed by atoms with van der Waals surface area (Å²) in [6, 6.07) is 5.27. The standard InChI is InChI=1S/C14H17ClN2O3/c15-10-2-1-3-11(12(10)13(16)18)17-9-6-4-8(5-7-9)14(19)20/h1-3,8-9,17H,4-7H2,(H2,16,18)(H,19,20). The molecule has 1 aromatic rings. The molecule has 0 saturated heterocycles. The van der Waals surface area contributed by atoms with Crippen LogP contribution in [0.2, 0.25) is 5.02 Å². The van der Waals surface area contributed by atoms with E-state index in [-0.39, 0.29) is 17.5 Å². The molecule has 1 amide bonds. The molecule has 0 heterocycles. The van der Waals surface area contributed by atoms with E-state index in [1.54, 1.807) is 18.2 Å². The van der Waals surface area contributed by atoms with Crippen LogP contribution in [0.4, 0.5) is 5.69 Å². The van der Waals surface area contributed by atoms with Gasteiger partial charge in [0.05, 0.1) is 16.5 Å². The molecule has 1 aliphatic rings. The summed E-state index contributed by atoms with van der Waals surface area (Å²) in [5.41, 5.74) is 6.24. The molecule has 1 aromatic carbocycles. The molecule has 0 aliphatic heterocycles. The van der Waals surface area contributed by atoms with Crippen LogP contribution in [-0.2, 0) is 4.79 Å². The molecule has 5 nitrogen and oxygen atoms in total. The number of primary amides is 1.